The van der Waals surface area contributed by atoms with Crippen LogP contribution in [0.15, 0.2) is 53.7 Å². The van der Waals surface area contributed by atoms with Gasteiger partial charge in [0.2, 0.25) is 5.91 Å². The molecule has 16 heteroatoms. The minimum atomic E-state index is -4.95. The van der Waals surface area contributed by atoms with Crippen molar-refractivity contribution in [3.8, 4) is 17.2 Å². The topological polar surface area (TPSA) is 142 Å². The lowest BCUT2D eigenvalue weighted by Gasteiger charge is -2.15. The summed E-state index contributed by atoms with van der Waals surface area (Å²) in [5.74, 6) is -0.225. The summed E-state index contributed by atoms with van der Waals surface area (Å²) in [6.07, 6.45) is -4.98. The van der Waals surface area contributed by atoms with Crippen LogP contribution in [-0.2, 0) is 22.6 Å². The summed E-state index contributed by atoms with van der Waals surface area (Å²) in [5, 5.41) is 21.0. The number of rotatable bonds is 9. The van der Waals surface area contributed by atoms with E-state index in [-0.39, 0.29) is 30.6 Å². The average Bonchev–Trinajstić information content (AvgIpc) is 3.45. The fourth-order valence-corrected chi connectivity index (χ4v) is 3.52. The molecule has 0 radical (unpaired) electrons. The van der Waals surface area contributed by atoms with E-state index in [9.17, 15) is 27.9 Å². The zero-order valence-electron chi connectivity index (χ0n) is 19.6. The van der Waals surface area contributed by atoms with E-state index in [1.807, 2.05) is 0 Å². The van der Waals surface area contributed by atoms with Crippen LogP contribution in [0.4, 0.5) is 18.9 Å². The van der Waals surface area contributed by atoms with Crippen molar-refractivity contribution in [3.05, 3.63) is 70.3 Å². The van der Waals surface area contributed by atoms with Crippen LogP contribution in [0.25, 0.3) is 17.2 Å². The summed E-state index contributed by atoms with van der Waals surface area (Å²) >= 11 is 5.90. The summed E-state index contributed by atoms with van der Waals surface area (Å²) in [6, 6.07) is 9.14. The zero-order chi connectivity index (χ0) is 27.4. The number of aliphatic hydroxyl groups excluding tert-OH is 1. The first-order chi connectivity index (χ1) is 18.1. The van der Waals surface area contributed by atoms with Gasteiger partial charge in [-0.2, -0.15) is 13.2 Å². The highest BCUT2D eigenvalue weighted by Gasteiger charge is 2.39. The molecule has 0 aliphatic carbocycles. The highest BCUT2D eigenvalue weighted by atomic mass is 35.5. The Balaban J connectivity index is 1.66. The van der Waals surface area contributed by atoms with E-state index in [4.69, 9.17) is 16.3 Å². The normalized spacial score (nSPS) is 12.5. The molecule has 1 aromatic carbocycles. The number of pyridine rings is 1. The van der Waals surface area contributed by atoms with Crippen LogP contribution in [0.5, 0.6) is 0 Å². The molecule has 4 aromatic rings. The number of aliphatic hydroxyl groups is 1. The third-order valence-electron chi connectivity index (χ3n) is 5.14. The summed E-state index contributed by atoms with van der Waals surface area (Å²) < 4.78 is 46.8. The van der Waals surface area contributed by atoms with Gasteiger partial charge in [0.1, 0.15) is 19.5 Å². The number of benzene rings is 1. The minimum Gasteiger partial charge on any atom is -0.382 e. The van der Waals surface area contributed by atoms with E-state index in [1.165, 1.54) is 48.6 Å². The molecule has 0 saturated carbocycles. The Kier molecular flexibility index (Phi) is 7.89. The van der Waals surface area contributed by atoms with E-state index < -0.39 is 30.4 Å². The Labute approximate surface area is 217 Å². The second kappa shape index (κ2) is 11.1. The summed E-state index contributed by atoms with van der Waals surface area (Å²) in [4.78, 5) is 33.3. The Morgan fingerprint density at radius 2 is 1.92 bits per heavy atom. The molecule has 1 unspecified atom stereocenters. The number of amides is 1. The second-order valence-electron chi connectivity index (χ2n) is 7.90. The molecule has 200 valence electrons. The van der Waals surface area contributed by atoms with Gasteiger partial charge >= 0.3 is 11.9 Å². The van der Waals surface area contributed by atoms with Gasteiger partial charge in [-0.25, -0.2) is 24.1 Å². The summed E-state index contributed by atoms with van der Waals surface area (Å²) in [6.45, 7) is -1.55. The standard InChI is InChI=1S/C22H20ClF3N8O4/c1-38-11-18(36)29-15-3-2-8-27-20(15)34-12-28-17(30-34)10-33-21(37)32(9-16(35)22(24,25)26)19(31-33)13-4-6-14(23)7-5-13/h2-8,12,16,35H,9-11H2,1H3,(H,29,36). The molecule has 0 saturated heterocycles. The van der Waals surface area contributed by atoms with Crippen molar-refractivity contribution in [1.29, 1.82) is 0 Å². The van der Waals surface area contributed by atoms with Crippen LogP contribution < -0.4 is 11.0 Å². The number of hydrogen-bond acceptors (Lipinski definition) is 8. The number of aromatic nitrogens is 7. The molecule has 1 atom stereocenters. The number of carbonyl (C=O) groups is 1. The third-order valence-corrected chi connectivity index (χ3v) is 5.39. The number of nitrogens with zero attached hydrogens (tertiary/aromatic N) is 7. The monoisotopic (exact) mass is 552 g/mol. The van der Waals surface area contributed by atoms with Crippen molar-refractivity contribution in [2.24, 2.45) is 0 Å². The van der Waals surface area contributed by atoms with Gasteiger partial charge in [0.25, 0.3) is 0 Å². The predicted octanol–water partition coefficient (Wildman–Crippen LogP) is 1.90. The molecular weight excluding hydrogens is 533 g/mol. The lowest BCUT2D eigenvalue weighted by molar-refractivity contribution is -0.207. The van der Waals surface area contributed by atoms with Gasteiger partial charge in [0.05, 0.1) is 12.2 Å². The van der Waals surface area contributed by atoms with Crippen molar-refractivity contribution in [2.75, 3.05) is 19.0 Å². The number of nitrogens with one attached hydrogen (secondary N) is 1. The van der Waals surface area contributed by atoms with Crippen LogP contribution in [0.2, 0.25) is 5.02 Å². The number of hydrogen-bond donors (Lipinski definition) is 2. The molecule has 0 fully saturated rings. The number of halogens is 4. The fourth-order valence-electron chi connectivity index (χ4n) is 3.40. The van der Waals surface area contributed by atoms with Gasteiger partial charge in [0, 0.05) is 23.9 Å². The van der Waals surface area contributed by atoms with Crippen molar-refractivity contribution in [3.63, 3.8) is 0 Å². The number of carbonyl (C=O) groups excluding carboxylic acids is 1. The van der Waals surface area contributed by atoms with E-state index in [0.717, 1.165) is 9.25 Å². The average molecular weight is 553 g/mol. The maximum atomic E-state index is 13.1. The van der Waals surface area contributed by atoms with Crippen molar-refractivity contribution < 1.29 is 27.8 Å². The first kappa shape index (κ1) is 27.0. The van der Waals surface area contributed by atoms with Crippen molar-refractivity contribution in [2.45, 2.75) is 25.4 Å². The van der Waals surface area contributed by atoms with Crippen LogP contribution in [0.3, 0.4) is 0 Å². The van der Waals surface area contributed by atoms with Gasteiger partial charge < -0.3 is 15.2 Å². The van der Waals surface area contributed by atoms with Gasteiger partial charge in [-0.05, 0) is 36.4 Å². The van der Waals surface area contributed by atoms with Crippen LogP contribution in [0.1, 0.15) is 5.82 Å². The molecule has 0 aliphatic rings. The second-order valence-corrected chi connectivity index (χ2v) is 8.34. The molecule has 3 heterocycles. The number of alkyl halides is 3. The summed E-state index contributed by atoms with van der Waals surface area (Å²) in [5.41, 5.74) is -0.290. The van der Waals surface area contributed by atoms with E-state index >= 15 is 0 Å². The highest BCUT2D eigenvalue weighted by molar-refractivity contribution is 6.30. The maximum absolute atomic E-state index is 13.1. The first-order valence-electron chi connectivity index (χ1n) is 10.9. The minimum absolute atomic E-state index is 0.0793. The third kappa shape index (κ3) is 6.07. The Bertz CT molecular complexity index is 1480. The smallest absolute Gasteiger partial charge is 0.382 e. The highest BCUT2D eigenvalue weighted by Crippen LogP contribution is 2.24. The van der Waals surface area contributed by atoms with E-state index in [2.05, 4.69) is 25.5 Å². The Morgan fingerprint density at radius 3 is 2.61 bits per heavy atom. The molecule has 0 bridgehead atoms. The Morgan fingerprint density at radius 1 is 1.18 bits per heavy atom. The largest absolute Gasteiger partial charge is 0.416 e. The van der Waals surface area contributed by atoms with Gasteiger partial charge in [-0.3, -0.25) is 9.36 Å². The molecular formula is C22H20ClF3N8O4. The Hall–Kier alpha value is -4.08. The molecule has 38 heavy (non-hydrogen) atoms. The maximum Gasteiger partial charge on any atom is 0.416 e. The van der Waals surface area contributed by atoms with Crippen LogP contribution >= 0.6 is 11.6 Å². The van der Waals surface area contributed by atoms with Crippen molar-refractivity contribution >= 4 is 23.2 Å². The van der Waals surface area contributed by atoms with Gasteiger partial charge in [0.15, 0.2) is 23.6 Å². The quantitative estimate of drug-likeness (QED) is 0.321. The van der Waals surface area contributed by atoms with Gasteiger partial charge in [-0.1, -0.05) is 11.6 Å². The number of ether oxygens (including phenoxy) is 1. The van der Waals surface area contributed by atoms with E-state index in [1.54, 1.807) is 12.1 Å². The molecule has 0 spiro atoms. The van der Waals surface area contributed by atoms with Crippen LogP contribution in [-0.4, -0.2) is 71.1 Å². The molecule has 1 amide bonds. The molecule has 3 aromatic heterocycles. The predicted molar refractivity (Wildman–Crippen MR) is 128 cm³/mol. The first-order valence-corrected chi connectivity index (χ1v) is 11.3. The molecule has 0 aliphatic heterocycles. The van der Waals surface area contributed by atoms with Crippen LogP contribution in [0, 0.1) is 0 Å². The zero-order valence-corrected chi connectivity index (χ0v) is 20.4. The number of methoxy groups -OCH3 is 1. The summed E-state index contributed by atoms with van der Waals surface area (Å²) in [7, 11) is 1.37. The fraction of sp³-hybridized carbons (Fsp3) is 0.273. The van der Waals surface area contributed by atoms with E-state index in [0.29, 0.717) is 16.3 Å². The molecule has 12 nitrogen and oxygen atoms in total. The lowest BCUT2D eigenvalue weighted by Crippen LogP contribution is -2.37. The SMILES string of the molecule is COCC(=O)Nc1cccnc1-n1cnc(Cn2nc(-c3ccc(Cl)cc3)n(CC(O)C(F)(F)F)c2=O)n1. The van der Waals surface area contributed by atoms with Gasteiger partial charge in [-0.15, -0.1) is 10.2 Å². The van der Waals surface area contributed by atoms with Crippen molar-refractivity contribution in [1.82, 2.24) is 34.1 Å². The number of anilines is 1. The lowest BCUT2D eigenvalue weighted by atomic mass is 10.2. The molecule has 4 rings (SSSR count). The molecule has 2 N–H and O–H groups in total.